The number of amides is 1. The Hall–Kier alpha value is -0.540. The van der Waals surface area contributed by atoms with E-state index >= 15 is 0 Å². The molecular formula is C9H17ClN2O. The average molecular weight is 205 g/mol. The van der Waals surface area contributed by atoms with Gasteiger partial charge in [-0.1, -0.05) is 38.4 Å². The molecule has 0 aliphatic heterocycles. The summed E-state index contributed by atoms with van der Waals surface area (Å²) in [7, 11) is 0. The third-order valence-electron chi connectivity index (χ3n) is 2.01. The molecule has 0 saturated heterocycles. The van der Waals surface area contributed by atoms with Gasteiger partial charge >= 0.3 is 0 Å². The van der Waals surface area contributed by atoms with E-state index in [-0.39, 0.29) is 18.4 Å². The van der Waals surface area contributed by atoms with Crippen LogP contribution < -0.4 is 11.1 Å². The summed E-state index contributed by atoms with van der Waals surface area (Å²) in [5, 5.41) is 3.01. The normalized spacial score (nSPS) is 14.8. The van der Waals surface area contributed by atoms with E-state index in [2.05, 4.69) is 11.9 Å². The van der Waals surface area contributed by atoms with Gasteiger partial charge in [-0.3, -0.25) is 4.79 Å². The molecule has 76 valence electrons. The minimum absolute atomic E-state index is 0.170. The lowest BCUT2D eigenvalue weighted by Crippen LogP contribution is -2.44. The second-order valence-electron chi connectivity index (χ2n) is 3.15. The fourth-order valence-electron chi connectivity index (χ4n) is 0.813. The molecule has 0 heterocycles. The number of hydrogen-bond donors (Lipinski definition) is 2. The number of nitrogens with one attached hydrogen (secondary N) is 1. The SMILES string of the molecule is C=C(Cl)CNC(=O)[C@@H](N)C(C)CC. The van der Waals surface area contributed by atoms with Crippen molar-refractivity contribution in [3.05, 3.63) is 11.6 Å². The molecule has 0 aromatic rings. The summed E-state index contributed by atoms with van der Waals surface area (Å²) in [5.41, 5.74) is 5.67. The minimum Gasteiger partial charge on any atom is -0.350 e. The van der Waals surface area contributed by atoms with Crippen molar-refractivity contribution in [2.24, 2.45) is 11.7 Å². The lowest BCUT2D eigenvalue weighted by atomic mass is 9.99. The fraction of sp³-hybridized carbons (Fsp3) is 0.667. The van der Waals surface area contributed by atoms with Gasteiger partial charge in [-0.25, -0.2) is 0 Å². The van der Waals surface area contributed by atoms with Gasteiger partial charge in [-0.05, 0) is 5.92 Å². The number of rotatable bonds is 5. The fourth-order valence-corrected chi connectivity index (χ4v) is 0.880. The first-order valence-corrected chi connectivity index (χ1v) is 4.73. The summed E-state index contributed by atoms with van der Waals surface area (Å²) in [5.74, 6) is 0.0136. The molecule has 13 heavy (non-hydrogen) atoms. The van der Waals surface area contributed by atoms with Crippen LogP contribution in [0.4, 0.5) is 0 Å². The van der Waals surface area contributed by atoms with E-state index in [9.17, 15) is 4.79 Å². The standard InChI is InChI=1S/C9H17ClN2O/c1-4-6(2)8(11)9(13)12-5-7(3)10/h6,8H,3-5,11H2,1-2H3,(H,12,13)/t6?,8-/m0/s1. The Bertz CT molecular complexity index is 194. The molecule has 0 aromatic carbocycles. The van der Waals surface area contributed by atoms with Crippen molar-refractivity contribution >= 4 is 17.5 Å². The van der Waals surface area contributed by atoms with E-state index in [1.807, 2.05) is 13.8 Å². The molecule has 0 aliphatic carbocycles. The molecule has 0 aliphatic rings. The van der Waals surface area contributed by atoms with Crippen molar-refractivity contribution in [1.29, 1.82) is 0 Å². The van der Waals surface area contributed by atoms with Crippen molar-refractivity contribution in [3.8, 4) is 0 Å². The van der Waals surface area contributed by atoms with Gasteiger partial charge in [-0.15, -0.1) is 0 Å². The van der Waals surface area contributed by atoms with Gasteiger partial charge in [0.2, 0.25) is 5.91 Å². The highest BCUT2D eigenvalue weighted by Gasteiger charge is 2.18. The zero-order chi connectivity index (χ0) is 10.4. The van der Waals surface area contributed by atoms with E-state index in [4.69, 9.17) is 17.3 Å². The van der Waals surface area contributed by atoms with Crippen molar-refractivity contribution in [3.63, 3.8) is 0 Å². The summed E-state index contributed by atoms with van der Waals surface area (Å²) in [6, 6.07) is -0.457. The zero-order valence-corrected chi connectivity index (χ0v) is 8.90. The van der Waals surface area contributed by atoms with Crippen LogP contribution in [-0.4, -0.2) is 18.5 Å². The second kappa shape index (κ2) is 6.00. The first kappa shape index (κ1) is 12.5. The summed E-state index contributed by atoms with van der Waals surface area (Å²) < 4.78 is 0. The van der Waals surface area contributed by atoms with E-state index in [1.165, 1.54) is 0 Å². The molecule has 4 heteroatoms. The Labute approximate surface area is 84.3 Å². The van der Waals surface area contributed by atoms with Crippen LogP contribution >= 0.6 is 11.6 Å². The highest BCUT2D eigenvalue weighted by molar-refractivity contribution is 6.29. The number of hydrogen-bond acceptors (Lipinski definition) is 2. The van der Waals surface area contributed by atoms with Crippen LogP contribution in [0.25, 0.3) is 0 Å². The maximum Gasteiger partial charge on any atom is 0.237 e. The summed E-state index contributed by atoms with van der Waals surface area (Å²) in [6.45, 7) is 7.69. The Balaban J connectivity index is 3.89. The number of carbonyl (C=O) groups is 1. The Kier molecular flexibility index (Phi) is 5.75. The molecule has 1 amide bonds. The smallest absolute Gasteiger partial charge is 0.237 e. The molecule has 0 fully saturated rings. The molecule has 0 radical (unpaired) electrons. The van der Waals surface area contributed by atoms with Crippen molar-refractivity contribution in [2.45, 2.75) is 26.3 Å². The summed E-state index contributed by atoms with van der Waals surface area (Å²) in [4.78, 5) is 11.3. The van der Waals surface area contributed by atoms with E-state index in [0.29, 0.717) is 5.03 Å². The molecule has 0 aromatic heterocycles. The average Bonchev–Trinajstić information content (AvgIpc) is 2.11. The van der Waals surface area contributed by atoms with Gasteiger partial charge in [0, 0.05) is 5.03 Å². The van der Waals surface area contributed by atoms with Crippen LogP contribution in [0.15, 0.2) is 11.6 Å². The van der Waals surface area contributed by atoms with Crippen LogP contribution in [0.2, 0.25) is 0 Å². The second-order valence-corrected chi connectivity index (χ2v) is 3.68. The van der Waals surface area contributed by atoms with E-state index in [1.54, 1.807) is 0 Å². The highest BCUT2D eigenvalue weighted by Crippen LogP contribution is 2.05. The lowest BCUT2D eigenvalue weighted by molar-refractivity contribution is -0.123. The first-order valence-electron chi connectivity index (χ1n) is 4.35. The largest absolute Gasteiger partial charge is 0.350 e. The minimum atomic E-state index is -0.457. The topological polar surface area (TPSA) is 55.1 Å². The molecule has 2 atom stereocenters. The maximum atomic E-state index is 11.3. The quantitative estimate of drug-likeness (QED) is 0.708. The van der Waals surface area contributed by atoms with Gasteiger partial charge in [0.15, 0.2) is 0 Å². The van der Waals surface area contributed by atoms with Crippen LogP contribution in [0.3, 0.4) is 0 Å². The number of nitrogens with two attached hydrogens (primary N) is 1. The van der Waals surface area contributed by atoms with Crippen LogP contribution in [-0.2, 0) is 4.79 Å². The van der Waals surface area contributed by atoms with Gasteiger partial charge in [0.1, 0.15) is 0 Å². The monoisotopic (exact) mass is 204 g/mol. The van der Waals surface area contributed by atoms with Gasteiger partial charge in [0.05, 0.1) is 12.6 Å². The third kappa shape index (κ3) is 4.90. The third-order valence-corrected chi connectivity index (χ3v) is 2.15. The predicted octanol–water partition coefficient (Wildman–Crippen LogP) is 1.23. The summed E-state index contributed by atoms with van der Waals surface area (Å²) in [6.07, 6.45) is 0.885. The first-order chi connectivity index (χ1) is 5.99. The van der Waals surface area contributed by atoms with Gasteiger partial charge in [0.25, 0.3) is 0 Å². The molecule has 1 unspecified atom stereocenters. The van der Waals surface area contributed by atoms with Crippen molar-refractivity contribution < 1.29 is 4.79 Å². The van der Waals surface area contributed by atoms with E-state index < -0.39 is 6.04 Å². The molecule has 0 spiro atoms. The zero-order valence-electron chi connectivity index (χ0n) is 8.14. The van der Waals surface area contributed by atoms with Crippen LogP contribution in [0, 0.1) is 5.92 Å². The van der Waals surface area contributed by atoms with Crippen LogP contribution in [0.1, 0.15) is 20.3 Å². The van der Waals surface area contributed by atoms with Crippen LogP contribution in [0.5, 0.6) is 0 Å². The predicted molar refractivity (Wildman–Crippen MR) is 55.4 cm³/mol. The van der Waals surface area contributed by atoms with Crippen molar-refractivity contribution in [2.75, 3.05) is 6.54 Å². The molecule has 0 rings (SSSR count). The molecule has 3 N–H and O–H groups in total. The highest BCUT2D eigenvalue weighted by atomic mass is 35.5. The lowest BCUT2D eigenvalue weighted by Gasteiger charge is -2.17. The maximum absolute atomic E-state index is 11.3. The molecule has 0 saturated carbocycles. The Morgan fingerprint density at radius 3 is 2.62 bits per heavy atom. The summed E-state index contributed by atoms with van der Waals surface area (Å²) >= 11 is 5.49. The van der Waals surface area contributed by atoms with Gasteiger partial charge in [-0.2, -0.15) is 0 Å². The Morgan fingerprint density at radius 1 is 1.69 bits per heavy atom. The van der Waals surface area contributed by atoms with Crippen molar-refractivity contribution in [1.82, 2.24) is 5.32 Å². The van der Waals surface area contributed by atoms with E-state index in [0.717, 1.165) is 6.42 Å². The molecular weight excluding hydrogens is 188 g/mol. The molecule has 3 nitrogen and oxygen atoms in total. The van der Waals surface area contributed by atoms with Gasteiger partial charge < -0.3 is 11.1 Å². The molecule has 0 bridgehead atoms. The number of halogens is 1. The Morgan fingerprint density at radius 2 is 2.23 bits per heavy atom. The number of carbonyl (C=O) groups excluding carboxylic acids is 1.